The Kier molecular flexibility index (Phi) is 6.30. The lowest BCUT2D eigenvalue weighted by molar-refractivity contribution is 0.0383. The van der Waals surface area contributed by atoms with Crippen LogP contribution in [0.2, 0.25) is 0 Å². The molecule has 1 N–H and O–H groups in total. The van der Waals surface area contributed by atoms with Gasteiger partial charge in [0.05, 0.1) is 19.8 Å². The minimum absolute atomic E-state index is 0.748. The van der Waals surface area contributed by atoms with Crippen molar-refractivity contribution in [3.05, 3.63) is 45.0 Å². The highest BCUT2D eigenvalue weighted by Gasteiger charge is 2.10. The number of morpholine rings is 1. The summed E-state index contributed by atoms with van der Waals surface area (Å²) in [4.78, 5) is 2.42. The number of hydrogen-bond donors (Lipinski definition) is 1. The molecule has 1 saturated heterocycles. The van der Waals surface area contributed by atoms with Crippen molar-refractivity contribution in [3.63, 3.8) is 0 Å². The summed E-state index contributed by atoms with van der Waals surface area (Å²) in [5, 5.41) is 3.44. The maximum Gasteiger partial charge on any atom is 0.135 e. The molecule has 4 nitrogen and oxygen atoms in total. The summed E-state index contributed by atoms with van der Waals surface area (Å²) in [6.45, 7) is 6.52. The quantitative estimate of drug-likeness (QED) is 0.687. The van der Waals surface area contributed by atoms with Crippen molar-refractivity contribution in [2.24, 2.45) is 0 Å². The molecule has 0 radical (unpaired) electrons. The SMILES string of the molecule is Brc1ccc(-c2ccc(CNCCN3CCOCC3)o2)c(Br)c1. The van der Waals surface area contributed by atoms with Crippen LogP contribution in [0.25, 0.3) is 11.3 Å². The third-order valence-corrected chi connectivity index (χ3v) is 5.02. The zero-order valence-corrected chi connectivity index (χ0v) is 16.0. The van der Waals surface area contributed by atoms with Crippen molar-refractivity contribution in [2.45, 2.75) is 6.54 Å². The first kappa shape index (κ1) is 17.2. The normalized spacial score (nSPS) is 15.9. The predicted octanol–water partition coefficient (Wildman–Crippen LogP) is 3.89. The lowest BCUT2D eigenvalue weighted by Crippen LogP contribution is -2.40. The van der Waals surface area contributed by atoms with Crippen LogP contribution in [0.4, 0.5) is 0 Å². The van der Waals surface area contributed by atoms with E-state index in [-0.39, 0.29) is 0 Å². The van der Waals surface area contributed by atoms with Gasteiger partial charge >= 0.3 is 0 Å². The van der Waals surface area contributed by atoms with Crippen LogP contribution in [0, 0.1) is 0 Å². The molecule has 1 aliphatic rings. The van der Waals surface area contributed by atoms with Crippen LogP contribution in [0.3, 0.4) is 0 Å². The zero-order valence-electron chi connectivity index (χ0n) is 12.9. The summed E-state index contributed by atoms with van der Waals surface area (Å²) < 4.78 is 13.4. The molecule has 124 valence electrons. The van der Waals surface area contributed by atoms with Gasteiger partial charge in [0.15, 0.2) is 0 Å². The fourth-order valence-corrected chi connectivity index (χ4v) is 3.82. The van der Waals surface area contributed by atoms with E-state index in [0.29, 0.717) is 0 Å². The van der Waals surface area contributed by atoms with Crippen LogP contribution in [0.5, 0.6) is 0 Å². The predicted molar refractivity (Wildman–Crippen MR) is 98.5 cm³/mol. The fourth-order valence-electron chi connectivity index (χ4n) is 2.58. The van der Waals surface area contributed by atoms with E-state index in [0.717, 1.165) is 72.0 Å². The molecule has 0 saturated carbocycles. The van der Waals surface area contributed by atoms with Crippen LogP contribution in [0.15, 0.2) is 43.7 Å². The third-order valence-electron chi connectivity index (χ3n) is 3.87. The molecule has 0 amide bonds. The summed E-state index contributed by atoms with van der Waals surface area (Å²) in [7, 11) is 0. The first-order chi connectivity index (χ1) is 11.2. The molecule has 0 unspecified atom stereocenters. The van der Waals surface area contributed by atoms with Crippen LogP contribution in [-0.2, 0) is 11.3 Å². The molecule has 0 aliphatic carbocycles. The van der Waals surface area contributed by atoms with Gasteiger partial charge in [-0.25, -0.2) is 0 Å². The van der Waals surface area contributed by atoms with Crippen molar-refractivity contribution in [2.75, 3.05) is 39.4 Å². The highest BCUT2D eigenvalue weighted by molar-refractivity contribution is 9.11. The highest BCUT2D eigenvalue weighted by atomic mass is 79.9. The summed E-state index contributed by atoms with van der Waals surface area (Å²) >= 11 is 7.05. The third kappa shape index (κ3) is 4.90. The average molecular weight is 444 g/mol. The fraction of sp³-hybridized carbons (Fsp3) is 0.412. The van der Waals surface area contributed by atoms with Crippen molar-refractivity contribution >= 4 is 31.9 Å². The summed E-state index contributed by atoms with van der Waals surface area (Å²) in [5.41, 5.74) is 1.06. The topological polar surface area (TPSA) is 37.6 Å². The van der Waals surface area contributed by atoms with E-state index in [1.54, 1.807) is 0 Å². The summed E-state index contributed by atoms with van der Waals surface area (Å²) in [6.07, 6.45) is 0. The highest BCUT2D eigenvalue weighted by Crippen LogP contribution is 2.31. The van der Waals surface area contributed by atoms with Crippen LogP contribution < -0.4 is 5.32 Å². The van der Waals surface area contributed by atoms with Crippen molar-refractivity contribution in [3.8, 4) is 11.3 Å². The summed E-state index contributed by atoms with van der Waals surface area (Å²) in [5.74, 6) is 1.84. The molecule has 1 aromatic carbocycles. The maximum atomic E-state index is 5.94. The molecule has 1 aromatic heterocycles. The summed E-state index contributed by atoms with van der Waals surface area (Å²) in [6, 6.07) is 10.1. The van der Waals surface area contributed by atoms with Crippen molar-refractivity contribution in [1.29, 1.82) is 0 Å². The van der Waals surface area contributed by atoms with E-state index in [4.69, 9.17) is 9.15 Å². The average Bonchev–Trinajstić information content (AvgIpc) is 3.01. The van der Waals surface area contributed by atoms with Gasteiger partial charge in [-0.05, 0) is 46.3 Å². The molecule has 0 bridgehead atoms. The monoisotopic (exact) mass is 442 g/mol. The molecule has 2 aromatic rings. The van der Waals surface area contributed by atoms with Gasteiger partial charge in [0.2, 0.25) is 0 Å². The Morgan fingerprint density at radius 2 is 1.91 bits per heavy atom. The number of rotatable bonds is 6. The lowest BCUT2D eigenvalue weighted by Gasteiger charge is -2.26. The van der Waals surface area contributed by atoms with Crippen LogP contribution in [0.1, 0.15) is 5.76 Å². The second-order valence-electron chi connectivity index (χ2n) is 5.52. The van der Waals surface area contributed by atoms with Crippen LogP contribution in [-0.4, -0.2) is 44.3 Å². The second kappa shape index (κ2) is 8.44. The number of furan rings is 1. The Labute approximate surface area is 153 Å². The van der Waals surface area contributed by atoms with Crippen molar-refractivity contribution < 1.29 is 9.15 Å². The van der Waals surface area contributed by atoms with Gasteiger partial charge in [0.1, 0.15) is 11.5 Å². The number of benzene rings is 1. The number of hydrogen-bond acceptors (Lipinski definition) is 4. The lowest BCUT2D eigenvalue weighted by atomic mass is 10.2. The van der Waals surface area contributed by atoms with Gasteiger partial charge in [0, 0.05) is 40.7 Å². The smallest absolute Gasteiger partial charge is 0.135 e. The van der Waals surface area contributed by atoms with E-state index in [9.17, 15) is 0 Å². The van der Waals surface area contributed by atoms with Gasteiger partial charge in [0.25, 0.3) is 0 Å². The molecule has 3 rings (SSSR count). The van der Waals surface area contributed by atoms with Gasteiger partial charge in [-0.3, -0.25) is 4.90 Å². The molecular formula is C17H20Br2N2O2. The minimum atomic E-state index is 0.748. The molecule has 2 heterocycles. The molecule has 23 heavy (non-hydrogen) atoms. The number of ether oxygens (including phenoxy) is 1. The van der Waals surface area contributed by atoms with E-state index < -0.39 is 0 Å². The van der Waals surface area contributed by atoms with Crippen molar-refractivity contribution in [1.82, 2.24) is 10.2 Å². The minimum Gasteiger partial charge on any atom is -0.460 e. The Hall–Kier alpha value is -0.660. The van der Waals surface area contributed by atoms with E-state index >= 15 is 0 Å². The number of halogens is 2. The molecule has 0 spiro atoms. The molecule has 1 aliphatic heterocycles. The Bertz CT molecular complexity index is 639. The molecule has 6 heteroatoms. The zero-order chi connectivity index (χ0) is 16.1. The van der Waals surface area contributed by atoms with E-state index in [1.807, 2.05) is 30.3 Å². The molecular weight excluding hydrogens is 424 g/mol. The van der Waals surface area contributed by atoms with Gasteiger partial charge < -0.3 is 14.5 Å². The maximum absolute atomic E-state index is 5.94. The van der Waals surface area contributed by atoms with E-state index in [2.05, 4.69) is 42.1 Å². The van der Waals surface area contributed by atoms with Gasteiger partial charge in [-0.2, -0.15) is 0 Å². The molecule has 1 fully saturated rings. The van der Waals surface area contributed by atoms with Gasteiger partial charge in [-0.15, -0.1) is 0 Å². The largest absolute Gasteiger partial charge is 0.460 e. The standard InChI is InChI=1S/C17H20Br2N2O2/c18-13-1-3-15(16(19)11-13)17-4-2-14(23-17)12-20-5-6-21-7-9-22-10-8-21/h1-4,11,20H,5-10,12H2. The van der Waals surface area contributed by atoms with E-state index in [1.165, 1.54) is 0 Å². The number of nitrogens with one attached hydrogen (secondary N) is 1. The number of nitrogens with zero attached hydrogens (tertiary/aromatic N) is 1. The first-order valence-corrected chi connectivity index (χ1v) is 9.36. The van der Waals surface area contributed by atoms with Crippen LogP contribution >= 0.6 is 31.9 Å². The molecule has 0 atom stereocenters. The Balaban J connectivity index is 1.49. The van der Waals surface area contributed by atoms with Gasteiger partial charge in [-0.1, -0.05) is 15.9 Å². The Morgan fingerprint density at radius 1 is 1.09 bits per heavy atom. The Morgan fingerprint density at radius 3 is 2.70 bits per heavy atom. The first-order valence-electron chi connectivity index (χ1n) is 7.77. The second-order valence-corrected chi connectivity index (χ2v) is 7.29.